The Morgan fingerprint density at radius 3 is 2.76 bits per heavy atom. The SMILES string of the molecule is C=C(C)c1cccc(CC2C(NS(=O)(=O)CCC)CCCN2C(=O)OC(C)C)n1. The molecule has 0 radical (unpaired) electrons. The summed E-state index contributed by atoms with van der Waals surface area (Å²) in [6, 6.07) is 4.94. The van der Waals surface area contributed by atoms with Gasteiger partial charge in [0.25, 0.3) is 0 Å². The van der Waals surface area contributed by atoms with Crippen molar-refractivity contribution in [2.45, 2.75) is 71.6 Å². The van der Waals surface area contributed by atoms with Crippen LogP contribution in [0.4, 0.5) is 4.79 Å². The number of likely N-dealkylation sites (tertiary alicyclic amines) is 1. The molecule has 7 nitrogen and oxygen atoms in total. The molecule has 0 saturated carbocycles. The first kappa shape index (κ1) is 23.3. The number of ether oxygens (including phenoxy) is 1. The number of nitrogens with one attached hydrogen (secondary N) is 1. The van der Waals surface area contributed by atoms with Crippen molar-refractivity contribution < 1.29 is 17.9 Å². The molecule has 1 amide bonds. The Hall–Kier alpha value is -1.93. The Balaban J connectivity index is 2.32. The van der Waals surface area contributed by atoms with Gasteiger partial charge in [-0.2, -0.15) is 0 Å². The number of hydrogen-bond acceptors (Lipinski definition) is 5. The predicted octanol–water partition coefficient (Wildman–Crippen LogP) is 3.36. The van der Waals surface area contributed by atoms with Gasteiger partial charge in [-0.25, -0.2) is 17.9 Å². The van der Waals surface area contributed by atoms with E-state index < -0.39 is 16.1 Å². The van der Waals surface area contributed by atoms with Crippen molar-refractivity contribution in [1.82, 2.24) is 14.6 Å². The highest BCUT2D eigenvalue weighted by Crippen LogP contribution is 2.24. The minimum Gasteiger partial charge on any atom is -0.447 e. The van der Waals surface area contributed by atoms with Gasteiger partial charge in [0.2, 0.25) is 10.0 Å². The molecule has 162 valence electrons. The molecular weight excluding hydrogens is 390 g/mol. The largest absolute Gasteiger partial charge is 0.447 e. The van der Waals surface area contributed by atoms with Crippen molar-refractivity contribution in [3.63, 3.8) is 0 Å². The second-order valence-electron chi connectivity index (χ2n) is 7.88. The second kappa shape index (κ2) is 10.2. The summed E-state index contributed by atoms with van der Waals surface area (Å²) in [7, 11) is -3.41. The topological polar surface area (TPSA) is 88.6 Å². The molecule has 2 unspecified atom stereocenters. The van der Waals surface area contributed by atoms with E-state index in [-0.39, 0.29) is 23.9 Å². The molecular formula is C21H33N3O4S. The fraction of sp³-hybridized carbons (Fsp3) is 0.619. The summed E-state index contributed by atoms with van der Waals surface area (Å²) in [5, 5.41) is 0. The average molecular weight is 424 g/mol. The number of hydrogen-bond donors (Lipinski definition) is 1. The maximum absolute atomic E-state index is 12.7. The molecule has 0 bridgehead atoms. The number of sulfonamides is 1. The smallest absolute Gasteiger partial charge is 0.410 e. The van der Waals surface area contributed by atoms with Crippen molar-refractivity contribution in [2.24, 2.45) is 0 Å². The lowest BCUT2D eigenvalue weighted by atomic mass is 9.93. The molecule has 1 aliphatic heterocycles. The highest BCUT2D eigenvalue weighted by molar-refractivity contribution is 7.89. The number of aromatic nitrogens is 1. The molecule has 2 heterocycles. The van der Waals surface area contributed by atoms with Crippen molar-refractivity contribution in [1.29, 1.82) is 0 Å². The van der Waals surface area contributed by atoms with Gasteiger partial charge < -0.3 is 9.64 Å². The van der Waals surface area contributed by atoms with Crippen LogP contribution in [0.2, 0.25) is 0 Å². The molecule has 1 fully saturated rings. The van der Waals surface area contributed by atoms with Crippen LogP contribution >= 0.6 is 0 Å². The maximum atomic E-state index is 12.7. The number of carbonyl (C=O) groups excluding carboxylic acids is 1. The zero-order valence-electron chi connectivity index (χ0n) is 17.8. The van der Waals surface area contributed by atoms with Gasteiger partial charge in [0.05, 0.1) is 23.6 Å². The summed E-state index contributed by atoms with van der Waals surface area (Å²) in [5.41, 5.74) is 2.43. The molecule has 2 rings (SSSR count). The molecule has 2 atom stereocenters. The van der Waals surface area contributed by atoms with E-state index >= 15 is 0 Å². The van der Waals surface area contributed by atoms with Gasteiger partial charge in [0.1, 0.15) is 0 Å². The van der Waals surface area contributed by atoms with Crippen LogP contribution in [0.1, 0.15) is 58.3 Å². The summed E-state index contributed by atoms with van der Waals surface area (Å²) < 4.78 is 33.1. The first-order valence-electron chi connectivity index (χ1n) is 10.2. The average Bonchev–Trinajstić information content (AvgIpc) is 2.62. The van der Waals surface area contributed by atoms with Gasteiger partial charge in [-0.15, -0.1) is 0 Å². The van der Waals surface area contributed by atoms with Crippen molar-refractivity contribution >= 4 is 21.7 Å². The molecule has 29 heavy (non-hydrogen) atoms. The maximum Gasteiger partial charge on any atom is 0.410 e. The minimum atomic E-state index is -3.41. The van der Waals surface area contributed by atoms with Crippen molar-refractivity contribution in [3.8, 4) is 0 Å². The number of piperidine rings is 1. The summed E-state index contributed by atoms with van der Waals surface area (Å²) in [6.45, 7) is 11.8. The Labute approximate surface area is 174 Å². The standard InChI is InChI=1S/C21H33N3O4S/c1-6-13-29(26,27)23-19-11-8-12-24(21(25)28-16(4)5)20(19)14-17-9-7-10-18(22-17)15(2)3/h7,9-10,16,19-20,23H,2,6,8,11-14H2,1,3-5H3. The first-order valence-corrected chi connectivity index (χ1v) is 11.9. The number of carbonyl (C=O) groups is 1. The van der Waals surface area contributed by atoms with Gasteiger partial charge in [0.15, 0.2) is 0 Å². The number of rotatable bonds is 8. The normalized spacial score (nSPS) is 20.0. The minimum absolute atomic E-state index is 0.0655. The van der Waals surface area contributed by atoms with E-state index in [1.807, 2.05) is 32.0 Å². The third-order valence-electron chi connectivity index (χ3n) is 4.82. The van der Waals surface area contributed by atoms with Gasteiger partial charge in [0, 0.05) is 24.7 Å². The fourth-order valence-electron chi connectivity index (χ4n) is 3.55. The van der Waals surface area contributed by atoms with Gasteiger partial charge >= 0.3 is 6.09 Å². The number of amides is 1. The lowest BCUT2D eigenvalue weighted by Crippen LogP contribution is -2.58. The van der Waals surface area contributed by atoms with Crippen LogP contribution in [0.25, 0.3) is 5.57 Å². The Kier molecular flexibility index (Phi) is 8.22. The third-order valence-corrected chi connectivity index (χ3v) is 6.42. The van der Waals surface area contributed by atoms with E-state index in [1.54, 1.807) is 18.7 Å². The summed E-state index contributed by atoms with van der Waals surface area (Å²) >= 11 is 0. The summed E-state index contributed by atoms with van der Waals surface area (Å²) in [6.07, 6.45) is 1.69. The lowest BCUT2D eigenvalue weighted by Gasteiger charge is -2.41. The zero-order chi connectivity index (χ0) is 21.6. The van der Waals surface area contributed by atoms with Crippen LogP contribution in [-0.2, 0) is 21.2 Å². The van der Waals surface area contributed by atoms with Gasteiger partial charge in [-0.05, 0) is 57.7 Å². The van der Waals surface area contributed by atoms with E-state index in [1.165, 1.54) is 0 Å². The second-order valence-corrected chi connectivity index (χ2v) is 9.75. The molecule has 1 saturated heterocycles. The Morgan fingerprint density at radius 2 is 2.14 bits per heavy atom. The predicted molar refractivity (Wildman–Crippen MR) is 115 cm³/mol. The van der Waals surface area contributed by atoms with E-state index in [4.69, 9.17) is 4.74 Å². The first-order chi connectivity index (χ1) is 13.6. The van der Waals surface area contributed by atoms with Crippen LogP contribution < -0.4 is 4.72 Å². The molecule has 1 N–H and O–H groups in total. The monoisotopic (exact) mass is 423 g/mol. The summed E-state index contributed by atoms with van der Waals surface area (Å²) in [5.74, 6) is 0.0655. The van der Waals surface area contributed by atoms with E-state index in [0.717, 1.165) is 17.0 Å². The van der Waals surface area contributed by atoms with Gasteiger partial charge in [-0.3, -0.25) is 4.98 Å². The van der Waals surface area contributed by atoms with Crippen LogP contribution in [0.3, 0.4) is 0 Å². The zero-order valence-corrected chi connectivity index (χ0v) is 18.7. The molecule has 0 aromatic carbocycles. The number of allylic oxidation sites excluding steroid dienone is 1. The van der Waals surface area contributed by atoms with Crippen molar-refractivity contribution in [2.75, 3.05) is 12.3 Å². The summed E-state index contributed by atoms with van der Waals surface area (Å²) in [4.78, 5) is 19.0. The van der Waals surface area contributed by atoms with Crippen LogP contribution in [0.15, 0.2) is 24.8 Å². The quantitative estimate of drug-likeness (QED) is 0.693. The van der Waals surface area contributed by atoms with Crippen molar-refractivity contribution in [3.05, 3.63) is 36.2 Å². The lowest BCUT2D eigenvalue weighted by molar-refractivity contribution is 0.0459. The highest BCUT2D eigenvalue weighted by atomic mass is 32.2. The highest BCUT2D eigenvalue weighted by Gasteiger charge is 2.37. The van der Waals surface area contributed by atoms with Gasteiger partial charge in [-0.1, -0.05) is 19.6 Å². The third kappa shape index (κ3) is 6.82. The molecule has 0 spiro atoms. The molecule has 1 aliphatic rings. The van der Waals surface area contributed by atoms with E-state index in [2.05, 4.69) is 16.3 Å². The Morgan fingerprint density at radius 1 is 1.41 bits per heavy atom. The van der Waals surface area contributed by atoms with E-state index in [0.29, 0.717) is 32.2 Å². The number of pyridine rings is 1. The molecule has 1 aromatic rings. The Bertz CT molecular complexity index is 823. The van der Waals surface area contributed by atoms with Crippen LogP contribution in [0.5, 0.6) is 0 Å². The number of nitrogens with zero attached hydrogens (tertiary/aromatic N) is 2. The van der Waals surface area contributed by atoms with Crippen LogP contribution in [0, 0.1) is 0 Å². The molecule has 0 aliphatic carbocycles. The fourth-order valence-corrected chi connectivity index (χ4v) is 4.94. The van der Waals surface area contributed by atoms with Crippen LogP contribution in [-0.4, -0.2) is 54.9 Å². The molecule has 8 heteroatoms. The molecule has 1 aromatic heterocycles. The van der Waals surface area contributed by atoms with E-state index in [9.17, 15) is 13.2 Å².